The molecule has 0 saturated heterocycles. The molecule has 0 saturated carbocycles. The van der Waals surface area contributed by atoms with Crippen molar-refractivity contribution in [1.29, 1.82) is 0 Å². The molecule has 24 heavy (non-hydrogen) atoms. The van der Waals surface area contributed by atoms with Gasteiger partial charge < -0.3 is 0 Å². The highest BCUT2D eigenvalue weighted by atomic mass is 35.5. The fourth-order valence-electron chi connectivity index (χ4n) is 2.38. The van der Waals surface area contributed by atoms with Gasteiger partial charge in [-0.15, -0.1) is 12.4 Å². The predicted molar refractivity (Wildman–Crippen MR) is 106 cm³/mol. The number of hydrogen-bond donors (Lipinski definition) is 1. The van der Waals surface area contributed by atoms with E-state index in [9.17, 15) is 0 Å². The summed E-state index contributed by atoms with van der Waals surface area (Å²) in [5.41, 5.74) is 9.87. The SMILES string of the molecule is CC(=NNc1ccc(C)cc1)c1ccc(-c2ccccc2)cc1.Cl. The second-order valence-electron chi connectivity index (χ2n) is 5.62. The van der Waals surface area contributed by atoms with E-state index in [-0.39, 0.29) is 12.4 Å². The second-order valence-corrected chi connectivity index (χ2v) is 5.62. The third-order valence-corrected chi connectivity index (χ3v) is 3.81. The van der Waals surface area contributed by atoms with E-state index in [1.807, 2.05) is 25.1 Å². The first-order chi connectivity index (χ1) is 11.2. The van der Waals surface area contributed by atoms with Crippen LogP contribution in [0.25, 0.3) is 11.1 Å². The van der Waals surface area contributed by atoms with Crippen LogP contribution in [-0.2, 0) is 0 Å². The Morgan fingerprint density at radius 2 is 1.33 bits per heavy atom. The smallest absolute Gasteiger partial charge is 0.0648 e. The molecule has 0 bridgehead atoms. The first-order valence-corrected chi connectivity index (χ1v) is 7.75. The van der Waals surface area contributed by atoms with Crippen molar-refractivity contribution < 1.29 is 0 Å². The minimum atomic E-state index is 0. The van der Waals surface area contributed by atoms with E-state index in [2.05, 4.69) is 78.1 Å². The molecule has 0 unspecified atom stereocenters. The molecule has 0 spiro atoms. The molecule has 0 amide bonds. The Labute approximate surface area is 149 Å². The molecule has 3 heteroatoms. The number of nitrogens with zero attached hydrogens (tertiary/aromatic N) is 1. The quantitative estimate of drug-likeness (QED) is 0.464. The lowest BCUT2D eigenvalue weighted by Crippen LogP contribution is -1.99. The van der Waals surface area contributed by atoms with Gasteiger partial charge in [-0.2, -0.15) is 5.10 Å². The number of rotatable bonds is 4. The van der Waals surface area contributed by atoms with Crippen LogP contribution < -0.4 is 5.43 Å². The molecule has 3 aromatic rings. The average molecular weight is 337 g/mol. The van der Waals surface area contributed by atoms with Gasteiger partial charge in [0.2, 0.25) is 0 Å². The van der Waals surface area contributed by atoms with Gasteiger partial charge in [0, 0.05) is 0 Å². The van der Waals surface area contributed by atoms with E-state index in [1.54, 1.807) is 0 Å². The minimum Gasteiger partial charge on any atom is -0.278 e. The third kappa shape index (κ3) is 4.46. The molecule has 2 nitrogen and oxygen atoms in total. The van der Waals surface area contributed by atoms with Gasteiger partial charge in [-0.05, 0) is 42.7 Å². The number of nitrogens with one attached hydrogen (secondary N) is 1. The van der Waals surface area contributed by atoms with Crippen LogP contribution in [-0.4, -0.2) is 5.71 Å². The Bertz CT molecular complexity index is 792. The number of aryl methyl sites for hydroxylation is 1. The highest BCUT2D eigenvalue weighted by Gasteiger charge is 2.00. The van der Waals surface area contributed by atoms with E-state index >= 15 is 0 Å². The Morgan fingerprint density at radius 3 is 1.96 bits per heavy atom. The summed E-state index contributed by atoms with van der Waals surface area (Å²) in [6.45, 7) is 4.09. The van der Waals surface area contributed by atoms with E-state index in [0.29, 0.717) is 0 Å². The molecule has 0 atom stereocenters. The standard InChI is InChI=1S/C21H20N2.ClH/c1-16-8-14-21(15-9-16)23-22-17(2)18-10-12-20(13-11-18)19-6-4-3-5-7-19;/h3-15,23H,1-2H3;1H. The van der Waals surface area contributed by atoms with Gasteiger partial charge in [-0.1, -0.05) is 72.3 Å². The summed E-state index contributed by atoms with van der Waals surface area (Å²) in [6.07, 6.45) is 0. The zero-order valence-corrected chi connectivity index (χ0v) is 14.7. The molecule has 0 aliphatic heterocycles. The fourth-order valence-corrected chi connectivity index (χ4v) is 2.38. The summed E-state index contributed by atoms with van der Waals surface area (Å²) >= 11 is 0. The molecule has 1 N–H and O–H groups in total. The molecule has 122 valence electrons. The van der Waals surface area contributed by atoms with Crippen molar-refractivity contribution in [3.8, 4) is 11.1 Å². The zero-order chi connectivity index (χ0) is 16.1. The van der Waals surface area contributed by atoms with Gasteiger partial charge in [0.15, 0.2) is 0 Å². The molecular weight excluding hydrogens is 316 g/mol. The summed E-state index contributed by atoms with van der Waals surface area (Å²) in [4.78, 5) is 0. The van der Waals surface area contributed by atoms with Crippen molar-refractivity contribution in [3.05, 3.63) is 90.0 Å². The fraction of sp³-hybridized carbons (Fsp3) is 0.0952. The van der Waals surface area contributed by atoms with Crippen molar-refractivity contribution in [2.45, 2.75) is 13.8 Å². The van der Waals surface area contributed by atoms with Crippen LogP contribution in [0.1, 0.15) is 18.1 Å². The summed E-state index contributed by atoms with van der Waals surface area (Å²) in [5.74, 6) is 0. The first-order valence-electron chi connectivity index (χ1n) is 7.75. The van der Waals surface area contributed by atoms with Crippen LogP contribution in [0, 0.1) is 6.92 Å². The minimum absolute atomic E-state index is 0. The van der Waals surface area contributed by atoms with Gasteiger partial charge in [0.1, 0.15) is 0 Å². The monoisotopic (exact) mass is 336 g/mol. The van der Waals surface area contributed by atoms with Crippen LogP contribution >= 0.6 is 12.4 Å². The molecule has 0 radical (unpaired) electrons. The first kappa shape index (κ1) is 17.8. The molecular formula is C21H21ClN2. The molecule has 0 fully saturated rings. The Kier molecular flexibility index (Phi) is 6.16. The molecule has 0 aliphatic carbocycles. The number of hydrogen-bond acceptors (Lipinski definition) is 2. The number of anilines is 1. The summed E-state index contributed by atoms with van der Waals surface area (Å²) in [7, 11) is 0. The lowest BCUT2D eigenvalue weighted by molar-refractivity contribution is 1.31. The number of benzene rings is 3. The Balaban J connectivity index is 0.00000208. The van der Waals surface area contributed by atoms with Gasteiger partial charge >= 0.3 is 0 Å². The maximum absolute atomic E-state index is 4.46. The molecule has 0 aliphatic rings. The summed E-state index contributed by atoms with van der Waals surface area (Å²) in [6, 6.07) is 27.1. The normalized spacial score (nSPS) is 10.8. The lowest BCUT2D eigenvalue weighted by Gasteiger charge is -2.06. The third-order valence-electron chi connectivity index (χ3n) is 3.81. The van der Waals surface area contributed by atoms with Crippen molar-refractivity contribution in [3.63, 3.8) is 0 Å². The average Bonchev–Trinajstić information content (AvgIpc) is 2.62. The number of halogens is 1. The molecule has 0 aromatic heterocycles. The van der Waals surface area contributed by atoms with Crippen molar-refractivity contribution in [2.75, 3.05) is 5.43 Å². The van der Waals surface area contributed by atoms with Crippen LogP contribution in [0.4, 0.5) is 5.69 Å². The van der Waals surface area contributed by atoms with E-state index in [4.69, 9.17) is 0 Å². The molecule has 0 heterocycles. The Morgan fingerprint density at radius 1 is 0.750 bits per heavy atom. The largest absolute Gasteiger partial charge is 0.278 e. The van der Waals surface area contributed by atoms with Crippen molar-refractivity contribution in [1.82, 2.24) is 0 Å². The van der Waals surface area contributed by atoms with Crippen LogP contribution in [0.15, 0.2) is 84.0 Å². The Hall–Kier alpha value is -2.58. The van der Waals surface area contributed by atoms with Crippen molar-refractivity contribution in [2.24, 2.45) is 5.10 Å². The molecule has 3 rings (SSSR count). The van der Waals surface area contributed by atoms with Gasteiger partial charge in [-0.3, -0.25) is 5.43 Å². The van der Waals surface area contributed by atoms with Crippen LogP contribution in [0.3, 0.4) is 0 Å². The van der Waals surface area contributed by atoms with Gasteiger partial charge in [0.25, 0.3) is 0 Å². The van der Waals surface area contributed by atoms with Crippen LogP contribution in [0.2, 0.25) is 0 Å². The maximum Gasteiger partial charge on any atom is 0.0648 e. The van der Waals surface area contributed by atoms with Gasteiger partial charge in [0.05, 0.1) is 11.4 Å². The highest BCUT2D eigenvalue weighted by molar-refractivity contribution is 5.99. The van der Waals surface area contributed by atoms with Crippen LogP contribution in [0.5, 0.6) is 0 Å². The highest BCUT2D eigenvalue weighted by Crippen LogP contribution is 2.19. The molecule has 3 aromatic carbocycles. The topological polar surface area (TPSA) is 24.4 Å². The van der Waals surface area contributed by atoms with Gasteiger partial charge in [-0.25, -0.2) is 0 Å². The zero-order valence-electron chi connectivity index (χ0n) is 13.9. The summed E-state index contributed by atoms with van der Waals surface area (Å²) in [5, 5.41) is 4.46. The maximum atomic E-state index is 4.46. The van der Waals surface area contributed by atoms with E-state index < -0.39 is 0 Å². The second kappa shape index (κ2) is 8.32. The lowest BCUT2D eigenvalue weighted by atomic mass is 10.0. The van der Waals surface area contributed by atoms with E-state index in [1.165, 1.54) is 16.7 Å². The predicted octanol–water partition coefficient (Wildman–Crippen LogP) is 5.92. The van der Waals surface area contributed by atoms with E-state index in [0.717, 1.165) is 17.0 Å². The number of hydrazone groups is 1. The summed E-state index contributed by atoms with van der Waals surface area (Å²) < 4.78 is 0. The van der Waals surface area contributed by atoms with Crippen molar-refractivity contribution >= 4 is 23.8 Å².